The zero-order chi connectivity index (χ0) is 13.2. The smallest absolute Gasteiger partial charge is 0.419 e. The quantitative estimate of drug-likeness (QED) is 0.609. The molecule has 0 heterocycles. The van der Waals surface area contributed by atoms with E-state index in [1.807, 2.05) is 0 Å². The van der Waals surface area contributed by atoms with Crippen LogP contribution in [-0.4, -0.2) is 13.1 Å². The zero-order valence-electron chi connectivity index (χ0n) is 8.57. The minimum Gasteiger partial charge on any atom is -0.469 e. The number of alkyl halides is 3. The Bertz CT molecular complexity index is 443. The van der Waals surface area contributed by atoms with Crippen LogP contribution in [0.3, 0.4) is 0 Å². The third kappa shape index (κ3) is 3.33. The Morgan fingerprint density at radius 2 is 2.00 bits per heavy atom. The normalized spacial score (nSPS) is 11.4. The highest BCUT2D eigenvalue weighted by atomic mass is 35.5. The molecule has 0 radical (unpaired) electrons. The van der Waals surface area contributed by atoms with Crippen molar-refractivity contribution in [1.29, 1.82) is 0 Å². The second kappa shape index (κ2) is 4.91. The SMILES string of the molecule is COC(=O)Cc1cc(F)c(C(F)(F)F)cc1Cl. The topological polar surface area (TPSA) is 26.3 Å². The van der Waals surface area contributed by atoms with Crippen molar-refractivity contribution >= 4 is 17.6 Å². The minimum absolute atomic E-state index is 0.0518. The lowest BCUT2D eigenvalue weighted by molar-refractivity contribution is -0.140. The first-order valence-corrected chi connectivity index (χ1v) is 4.75. The summed E-state index contributed by atoms with van der Waals surface area (Å²) in [5, 5.41) is -0.330. The fourth-order valence-corrected chi connectivity index (χ4v) is 1.40. The van der Waals surface area contributed by atoms with Crippen molar-refractivity contribution in [3.63, 3.8) is 0 Å². The predicted octanol–water partition coefficient (Wildman–Crippen LogP) is 3.21. The lowest BCUT2D eigenvalue weighted by Crippen LogP contribution is -2.11. The van der Waals surface area contributed by atoms with E-state index < -0.39 is 23.5 Å². The van der Waals surface area contributed by atoms with Crippen molar-refractivity contribution in [1.82, 2.24) is 0 Å². The van der Waals surface area contributed by atoms with E-state index in [0.717, 1.165) is 7.11 Å². The molecule has 94 valence electrons. The molecule has 0 bridgehead atoms. The van der Waals surface area contributed by atoms with Crippen molar-refractivity contribution in [3.8, 4) is 0 Å². The second-order valence-electron chi connectivity index (χ2n) is 3.17. The molecule has 0 aliphatic rings. The van der Waals surface area contributed by atoms with Gasteiger partial charge in [0.2, 0.25) is 0 Å². The van der Waals surface area contributed by atoms with Gasteiger partial charge in [0, 0.05) is 5.02 Å². The number of rotatable bonds is 2. The highest BCUT2D eigenvalue weighted by Gasteiger charge is 2.34. The molecule has 0 aromatic heterocycles. The fourth-order valence-electron chi connectivity index (χ4n) is 1.17. The summed E-state index contributed by atoms with van der Waals surface area (Å²) in [6, 6.07) is 1.04. The summed E-state index contributed by atoms with van der Waals surface area (Å²) in [5.74, 6) is -2.19. The molecule has 0 N–H and O–H groups in total. The number of hydrogen-bond donors (Lipinski definition) is 0. The van der Waals surface area contributed by atoms with Gasteiger partial charge in [0.05, 0.1) is 19.1 Å². The maximum atomic E-state index is 13.1. The molecule has 0 aliphatic carbocycles. The van der Waals surface area contributed by atoms with Crippen molar-refractivity contribution in [3.05, 3.63) is 34.1 Å². The Hall–Kier alpha value is -1.30. The molecule has 0 saturated heterocycles. The van der Waals surface area contributed by atoms with Gasteiger partial charge in [-0.05, 0) is 17.7 Å². The first-order valence-electron chi connectivity index (χ1n) is 4.37. The summed E-state index contributed by atoms with van der Waals surface area (Å²) >= 11 is 5.53. The Labute approximate surface area is 99.1 Å². The van der Waals surface area contributed by atoms with Gasteiger partial charge in [-0.2, -0.15) is 13.2 Å². The number of carbonyl (C=O) groups excluding carboxylic acids is 1. The lowest BCUT2D eigenvalue weighted by Gasteiger charge is -2.10. The summed E-state index contributed by atoms with van der Waals surface area (Å²) < 4.78 is 54.4. The molecule has 0 saturated carbocycles. The number of carbonyl (C=O) groups is 1. The highest BCUT2D eigenvalue weighted by Crippen LogP contribution is 2.34. The van der Waals surface area contributed by atoms with Crippen LogP contribution in [0, 0.1) is 5.82 Å². The Morgan fingerprint density at radius 3 is 2.47 bits per heavy atom. The maximum Gasteiger partial charge on any atom is 0.419 e. The summed E-state index contributed by atoms with van der Waals surface area (Å²) in [6.45, 7) is 0. The van der Waals surface area contributed by atoms with Crippen molar-refractivity contribution in [2.45, 2.75) is 12.6 Å². The number of esters is 1. The molecule has 1 aromatic carbocycles. The molecule has 7 heteroatoms. The van der Waals surface area contributed by atoms with E-state index in [-0.39, 0.29) is 17.0 Å². The maximum absolute atomic E-state index is 13.1. The van der Waals surface area contributed by atoms with E-state index in [2.05, 4.69) is 4.74 Å². The van der Waals surface area contributed by atoms with Gasteiger partial charge in [-0.3, -0.25) is 4.79 Å². The molecule has 1 aromatic rings. The molecular formula is C10H7ClF4O2. The van der Waals surface area contributed by atoms with Crippen LogP contribution < -0.4 is 0 Å². The van der Waals surface area contributed by atoms with Gasteiger partial charge < -0.3 is 4.74 Å². The van der Waals surface area contributed by atoms with E-state index in [1.165, 1.54) is 0 Å². The van der Waals surface area contributed by atoms with E-state index in [0.29, 0.717) is 12.1 Å². The minimum atomic E-state index is -4.82. The molecule has 0 atom stereocenters. The Morgan fingerprint density at radius 1 is 1.41 bits per heavy atom. The standard InChI is InChI=1S/C10H7ClF4O2/c1-17-9(16)3-5-2-8(12)6(4-7(5)11)10(13,14)15/h2,4H,3H2,1H3. The van der Waals surface area contributed by atoms with E-state index >= 15 is 0 Å². The zero-order valence-corrected chi connectivity index (χ0v) is 9.32. The molecule has 0 aliphatic heterocycles. The summed E-state index contributed by atoms with van der Waals surface area (Å²) in [5.41, 5.74) is -1.51. The van der Waals surface area contributed by atoms with Crippen LogP contribution >= 0.6 is 11.6 Å². The average molecular weight is 271 g/mol. The third-order valence-corrected chi connectivity index (χ3v) is 2.36. The van der Waals surface area contributed by atoms with E-state index in [9.17, 15) is 22.4 Å². The Balaban J connectivity index is 3.14. The first-order chi connectivity index (χ1) is 7.75. The van der Waals surface area contributed by atoms with Crippen molar-refractivity contribution in [2.75, 3.05) is 7.11 Å². The van der Waals surface area contributed by atoms with Crippen LogP contribution in [0.5, 0.6) is 0 Å². The molecule has 0 spiro atoms. The van der Waals surface area contributed by atoms with Crippen LogP contribution in [-0.2, 0) is 22.1 Å². The van der Waals surface area contributed by atoms with Crippen LogP contribution in [0.25, 0.3) is 0 Å². The summed E-state index contributed by atoms with van der Waals surface area (Å²) in [7, 11) is 1.11. The molecule has 2 nitrogen and oxygen atoms in total. The van der Waals surface area contributed by atoms with Crippen LogP contribution in [0.4, 0.5) is 17.6 Å². The number of ether oxygens (including phenoxy) is 1. The van der Waals surface area contributed by atoms with Crippen LogP contribution in [0.1, 0.15) is 11.1 Å². The van der Waals surface area contributed by atoms with Gasteiger partial charge in [-0.25, -0.2) is 4.39 Å². The van der Waals surface area contributed by atoms with Crippen LogP contribution in [0.15, 0.2) is 12.1 Å². The number of methoxy groups -OCH3 is 1. The fraction of sp³-hybridized carbons (Fsp3) is 0.300. The van der Waals surface area contributed by atoms with Gasteiger partial charge in [-0.1, -0.05) is 11.6 Å². The van der Waals surface area contributed by atoms with Crippen LogP contribution in [0.2, 0.25) is 5.02 Å². The van der Waals surface area contributed by atoms with Crippen molar-refractivity contribution < 1.29 is 27.1 Å². The number of halogens is 5. The summed E-state index contributed by atoms with van der Waals surface area (Å²) in [4.78, 5) is 10.9. The van der Waals surface area contributed by atoms with E-state index in [1.54, 1.807) is 0 Å². The third-order valence-electron chi connectivity index (χ3n) is 2.00. The van der Waals surface area contributed by atoms with Gasteiger partial charge in [0.15, 0.2) is 0 Å². The first kappa shape index (κ1) is 13.8. The largest absolute Gasteiger partial charge is 0.469 e. The van der Waals surface area contributed by atoms with Crippen molar-refractivity contribution in [2.24, 2.45) is 0 Å². The van der Waals surface area contributed by atoms with E-state index in [4.69, 9.17) is 11.6 Å². The lowest BCUT2D eigenvalue weighted by atomic mass is 10.1. The predicted molar refractivity (Wildman–Crippen MR) is 52.1 cm³/mol. The average Bonchev–Trinajstić information content (AvgIpc) is 2.21. The molecule has 17 heavy (non-hydrogen) atoms. The molecule has 0 unspecified atom stereocenters. The monoisotopic (exact) mass is 270 g/mol. The van der Waals surface area contributed by atoms with Gasteiger partial charge in [-0.15, -0.1) is 0 Å². The molecule has 0 amide bonds. The molecule has 1 rings (SSSR count). The Kier molecular flexibility index (Phi) is 3.98. The van der Waals surface area contributed by atoms with Gasteiger partial charge in [0.1, 0.15) is 5.82 Å². The molecule has 0 fully saturated rings. The molecular weight excluding hydrogens is 264 g/mol. The van der Waals surface area contributed by atoms with Gasteiger partial charge in [0.25, 0.3) is 0 Å². The second-order valence-corrected chi connectivity index (χ2v) is 3.58. The number of hydrogen-bond acceptors (Lipinski definition) is 2. The highest BCUT2D eigenvalue weighted by molar-refractivity contribution is 6.31. The van der Waals surface area contributed by atoms with Gasteiger partial charge >= 0.3 is 12.1 Å². The summed E-state index contributed by atoms with van der Waals surface area (Å²) in [6.07, 6.45) is -5.21. The number of benzene rings is 1.